The van der Waals surface area contributed by atoms with Crippen LogP contribution in [0.4, 0.5) is 0 Å². The van der Waals surface area contributed by atoms with Crippen LogP contribution in [0.2, 0.25) is 0 Å². The molecule has 0 aliphatic rings. The molecule has 0 aliphatic carbocycles. The Balaban J connectivity index is 1.72. The summed E-state index contributed by atoms with van der Waals surface area (Å²) in [5.41, 5.74) is 3.84. The number of rotatable bonds is 4. The van der Waals surface area contributed by atoms with Crippen LogP contribution in [-0.2, 0) is 6.54 Å². The summed E-state index contributed by atoms with van der Waals surface area (Å²) in [5, 5.41) is 13.5. The van der Waals surface area contributed by atoms with Gasteiger partial charge in [0.15, 0.2) is 0 Å². The van der Waals surface area contributed by atoms with Gasteiger partial charge in [-0.1, -0.05) is 24.3 Å². The summed E-state index contributed by atoms with van der Waals surface area (Å²) in [6, 6.07) is 12.9. The number of fused-ring (bicyclic) bond motifs is 1. The molecule has 0 bridgehead atoms. The zero-order valence-corrected chi connectivity index (χ0v) is 15.3. The summed E-state index contributed by atoms with van der Waals surface area (Å²) in [6.07, 6.45) is 0. The molecular formula is C20H18N4O3. The van der Waals surface area contributed by atoms with E-state index in [0.29, 0.717) is 18.0 Å². The van der Waals surface area contributed by atoms with Crippen LogP contribution < -0.4 is 10.4 Å². The van der Waals surface area contributed by atoms with Gasteiger partial charge in [-0.15, -0.1) is 10.2 Å². The van der Waals surface area contributed by atoms with E-state index >= 15 is 0 Å². The Morgan fingerprint density at radius 3 is 2.81 bits per heavy atom. The van der Waals surface area contributed by atoms with Crippen molar-refractivity contribution < 1.29 is 9.15 Å². The van der Waals surface area contributed by atoms with Gasteiger partial charge in [0.25, 0.3) is 0 Å². The van der Waals surface area contributed by atoms with Crippen LogP contribution in [0.5, 0.6) is 5.75 Å². The minimum absolute atomic E-state index is 0.321. The van der Waals surface area contributed by atoms with Crippen molar-refractivity contribution in [2.24, 2.45) is 0 Å². The van der Waals surface area contributed by atoms with Crippen LogP contribution in [0.15, 0.2) is 51.7 Å². The first-order chi connectivity index (χ1) is 13.0. The van der Waals surface area contributed by atoms with Crippen molar-refractivity contribution in [3.63, 3.8) is 0 Å². The molecule has 0 N–H and O–H groups in total. The van der Waals surface area contributed by atoms with Crippen LogP contribution in [0.25, 0.3) is 22.4 Å². The fraction of sp³-hybridized carbons (Fsp3) is 0.200. The molecule has 7 nitrogen and oxygen atoms in total. The Hall–Kier alpha value is -3.48. The molecule has 0 saturated carbocycles. The van der Waals surface area contributed by atoms with Gasteiger partial charge in [-0.05, 0) is 47.9 Å². The summed E-state index contributed by atoms with van der Waals surface area (Å²) < 4.78 is 10.6. The number of aromatic nitrogens is 4. The lowest BCUT2D eigenvalue weighted by Gasteiger charge is -2.08. The Labute approximate surface area is 155 Å². The fourth-order valence-corrected chi connectivity index (χ4v) is 3.00. The van der Waals surface area contributed by atoms with Gasteiger partial charge in [0.1, 0.15) is 11.3 Å². The topological polar surface area (TPSA) is 83.0 Å². The van der Waals surface area contributed by atoms with E-state index in [2.05, 4.69) is 15.4 Å². The molecule has 0 saturated heterocycles. The highest BCUT2D eigenvalue weighted by molar-refractivity contribution is 5.83. The second-order valence-corrected chi connectivity index (χ2v) is 6.35. The molecule has 136 valence electrons. The first-order valence-corrected chi connectivity index (χ1v) is 8.50. The third-order valence-corrected chi connectivity index (χ3v) is 4.61. The lowest BCUT2D eigenvalue weighted by Crippen LogP contribution is -2.09. The molecule has 0 unspecified atom stereocenters. The van der Waals surface area contributed by atoms with Crippen LogP contribution in [-0.4, -0.2) is 27.3 Å². The Morgan fingerprint density at radius 1 is 1.15 bits per heavy atom. The van der Waals surface area contributed by atoms with Crippen molar-refractivity contribution >= 4 is 11.0 Å². The van der Waals surface area contributed by atoms with Crippen LogP contribution >= 0.6 is 0 Å². The van der Waals surface area contributed by atoms with E-state index in [0.717, 1.165) is 33.4 Å². The third kappa shape index (κ3) is 3.19. The summed E-state index contributed by atoms with van der Waals surface area (Å²) in [6.45, 7) is 4.25. The van der Waals surface area contributed by atoms with Gasteiger partial charge in [-0.3, -0.25) is 0 Å². The van der Waals surface area contributed by atoms with Crippen LogP contribution in [0.3, 0.4) is 0 Å². The number of benzene rings is 2. The number of hydrogen-bond donors (Lipinski definition) is 0. The number of methoxy groups -OCH3 is 1. The Bertz CT molecular complexity index is 1190. The molecule has 2 heterocycles. The maximum atomic E-state index is 12.0. The number of nitrogens with zero attached hydrogens (tertiary/aromatic N) is 4. The van der Waals surface area contributed by atoms with E-state index in [1.165, 1.54) is 10.9 Å². The molecule has 4 rings (SSSR count). The maximum Gasteiger partial charge on any atom is 0.336 e. The minimum atomic E-state index is -0.390. The average molecular weight is 362 g/mol. The van der Waals surface area contributed by atoms with E-state index in [1.807, 2.05) is 50.2 Å². The van der Waals surface area contributed by atoms with Gasteiger partial charge in [0.2, 0.25) is 5.82 Å². The summed E-state index contributed by atoms with van der Waals surface area (Å²) in [7, 11) is 1.61. The van der Waals surface area contributed by atoms with Crippen molar-refractivity contribution in [2.75, 3.05) is 7.11 Å². The van der Waals surface area contributed by atoms with Gasteiger partial charge < -0.3 is 9.15 Å². The van der Waals surface area contributed by atoms with Crippen molar-refractivity contribution in [3.8, 4) is 17.1 Å². The standard InChI is InChI=1S/C20H18N4O3/c1-12-7-8-17-15(10-18(25)27-19(17)13(12)2)11-24-22-20(21-23-24)14-5-4-6-16(9-14)26-3/h4-10H,11H2,1-3H3. The molecule has 0 atom stereocenters. The number of ether oxygens (including phenoxy) is 1. The third-order valence-electron chi connectivity index (χ3n) is 4.61. The largest absolute Gasteiger partial charge is 0.497 e. The first-order valence-electron chi connectivity index (χ1n) is 8.50. The van der Waals surface area contributed by atoms with Crippen LogP contribution in [0, 0.1) is 13.8 Å². The second-order valence-electron chi connectivity index (χ2n) is 6.35. The molecule has 2 aromatic heterocycles. The zero-order valence-electron chi connectivity index (χ0n) is 15.3. The smallest absolute Gasteiger partial charge is 0.336 e. The molecule has 0 aliphatic heterocycles. The van der Waals surface area contributed by atoms with Crippen molar-refractivity contribution in [1.82, 2.24) is 20.2 Å². The van der Waals surface area contributed by atoms with E-state index in [9.17, 15) is 4.79 Å². The maximum absolute atomic E-state index is 12.0. The highest BCUT2D eigenvalue weighted by atomic mass is 16.5. The molecule has 0 spiro atoms. The van der Waals surface area contributed by atoms with E-state index in [4.69, 9.17) is 9.15 Å². The van der Waals surface area contributed by atoms with Crippen molar-refractivity contribution in [3.05, 3.63) is 69.6 Å². The van der Waals surface area contributed by atoms with E-state index in [-0.39, 0.29) is 5.63 Å². The second kappa shape index (κ2) is 6.68. The van der Waals surface area contributed by atoms with E-state index in [1.54, 1.807) is 7.11 Å². The van der Waals surface area contributed by atoms with Gasteiger partial charge >= 0.3 is 5.63 Å². The monoisotopic (exact) mass is 362 g/mol. The molecular weight excluding hydrogens is 344 g/mol. The normalized spacial score (nSPS) is 11.1. The number of hydrogen-bond acceptors (Lipinski definition) is 6. The lowest BCUT2D eigenvalue weighted by atomic mass is 10.0. The molecule has 2 aromatic carbocycles. The molecule has 0 radical (unpaired) electrons. The predicted octanol–water partition coefficient (Wildman–Crippen LogP) is 3.12. The average Bonchev–Trinajstić information content (AvgIpc) is 3.13. The molecule has 0 amide bonds. The van der Waals surface area contributed by atoms with Gasteiger partial charge in [0, 0.05) is 17.0 Å². The quantitative estimate of drug-likeness (QED) is 0.519. The molecule has 4 aromatic rings. The highest BCUT2D eigenvalue weighted by Gasteiger charge is 2.12. The number of tetrazole rings is 1. The van der Waals surface area contributed by atoms with Crippen LogP contribution in [0.1, 0.15) is 16.7 Å². The van der Waals surface area contributed by atoms with Gasteiger partial charge in [-0.2, -0.15) is 4.80 Å². The van der Waals surface area contributed by atoms with Gasteiger partial charge in [0.05, 0.1) is 13.7 Å². The SMILES string of the molecule is COc1cccc(-c2nnn(Cc3cc(=O)oc4c(C)c(C)ccc34)n2)c1. The molecule has 27 heavy (non-hydrogen) atoms. The minimum Gasteiger partial charge on any atom is -0.497 e. The zero-order chi connectivity index (χ0) is 19.0. The predicted molar refractivity (Wildman–Crippen MR) is 101 cm³/mol. The highest BCUT2D eigenvalue weighted by Crippen LogP contribution is 2.24. The van der Waals surface area contributed by atoms with E-state index < -0.39 is 0 Å². The first kappa shape index (κ1) is 17.0. The molecule has 7 heteroatoms. The fourth-order valence-electron chi connectivity index (χ4n) is 3.00. The van der Waals surface area contributed by atoms with Crippen molar-refractivity contribution in [2.45, 2.75) is 20.4 Å². The lowest BCUT2D eigenvalue weighted by molar-refractivity contribution is 0.415. The Kier molecular flexibility index (Phi) is 4.19. The summed E-state index contributed by atoms with van der Waals surface area (Å²) >= 11 is 0. The van der Waals surface area contributed by atoms with Gasteiger partial charge in [-0.25, -0.2) is 4.79 Å². The number of aryl methyl sites for hydroxylation is 2. The summed E-state index contributed by atoms with van der Waals surface area (Å²) in [4.78, 5) is 13.5. The Morgan fingerprint density at radius 2 is 2.00 bits per heavy atom. The summed E-state index contributed by atoms with van der Waals surface area (Å²) in [5.74, 6) is 1.22. The molecule has 0 fully saturated rings. The van der Waals surface area contributed by atoms with Crippen molar-refractivity contribution in [1.29, 1.82) is 0 Å².